The third-order valence-corrected chi connectivity index (χ3v) is 2.61. The highest BCUT2D eigenvalue weighted by atomic mass is 32.2. The maximum Gasteiger partial charge on any atom is 0.422 e. The monoisotopic (exact) mass is 261 g/mol. The van der Waals surface area contributed by atoms with Gasteiger partial charge in [0.05, 0.1) is 18.5 Å². The van der Waals surface area contributed by atoms with Crippen molar-refractivity contribution in [3.05, 3.63) is 18.2 Å². The quantitative estimate of drug-likeness (QED) is 0.447. The van der Waals surface area contributed by atoms with E-state index < -0.39 is 16.3 Å². The van der Waals surface area contributed by atoms with E-state index in [4.69, 9.17) is 10.8 Å². The van der Waals surface area contributed by atoms with E-state index in [1.54, 1.807) is 4.72 Å². The molecule has 0 aromatic heterocycles. The SMILES string of the molecule is COC(=O)NS(=O)(=O)Nc1ccc(O)cc1N. The summed E-state index contributed by atoms with van der Waals surface area (Å²) in [6.45, 7) is 0. The van der Waals surface area contributed by atoms with E-state index in [-0.39, 0.29) is 17.1 Å². The number of aromatic hydroxyl groups is 1. The second-order valence-corrected chi connectivity index (χ2v) is 4.39. The van der Waals surface area contributed by atoms with E-state index in [9.17, 15) is 13.2 Å². The van der Waals surface area contributed by atoms with Crippen LogP contribution in [-0.4, -0.2) is 26.7 Å². The number of methoxy groups -OCH3 is 1. The minimum atomic E-state index is -4.12. The first-order chi connectivity index (χ1) is 7.84. The summed E-state index contributed by atoms with van der Waals surface area (Å²) in [7, 11) is -3.09. The van der Waals surface area contributed by atoms with Gasteiger partial charge < -0.3 is 15.6 Å². The van der Waals surface area contributed by atoms with Crippen LogP contribution in [0.4, 0.5) is 16.2 Å². The molecule has 0 radical (unpaired) electrons. The number of phenolic OH excluding ortho intramolecular Hbond substituents is 1. The number of carbonyl (C=O) groups is 1. The zero-order valence-corrected chi connectivity index (χ0v) is 9.61. The van der Waals surface area contributed by atoms with E-state index in [0.29, 0.717) is 0 Å². The molecule has 1 amide bonds. The molecule has 1 aromatic carbocycles. The van der Waals surface area contributed by atoms with Crippen molar-refractivity contribution < 1.29 is 23.1 Å². The summed E-state index contributed by atoms with van der Waals surface area (Å²) in [5.74, 6) is -0.105. The van der Waals surface area contributed by atoms with E-state index in [1.165, 1.54) is 12.1 Å². The molecule has 0 saturated heterocycles. The third-order valence-electron chi connectivity index (χ3n) is 1.68. The molecule has 0 aliphatic heterocycles. The van der Waals surface area contributed by atoms with Gasteiger partial charge in [0.15, 0.2) is 0 Å². The van der Waals surface area contributed by atoms with Crippen molar-refractivity contribution >= 4 is 27.7 Å². The van der Waals surface area contributed by atoms with Crippen LogP contribution in [0.3, 0.4) is 0 Å². The molecule has 0 saturated carbocycles. The number of nitrogens with two attached hydrogens (primary N) is 1. The summed E-state index contributed by atoms with van der Waals surface area (Å²) in [6.07, 6.45) is -1.13. The van der Waals surface area contributed by atoms with Gasteiger partial charge in [-0.2, -0.15) is 8.42 Å². The van der Waals surface area contributed by atoms with Gasteiger partial charge in [0.25, 0.3) is 0 Å². The summed E-state index contributed by atoms with van der Waals surface area (Å²) in [5.41, 5.74) is 5.50. The molecule has 9 heteroatoms. The zero-order chi connectivity index (χ0) is 13.1. The summed E-state index contributed by atoms with van der Waals surface area (Å²) >= 11 is 0. The molecular formula is C8H11N3O5S. The smallest absolute Gasteiger partial charge is 0.422 e. The molecule has 17 heavy (non-hydrogen) atoms. The Morgan fingerprint density at radius 3 is 2.65 bits per heavy atom. The van der Waals surface area contributed by atoms with Crippen molar-refractivity contribution in [2.24, 2.45) is 0 Å². The molecule has 0 fully saturated rings. The molecule has 94 valence electrons. The number of nitrogens with one attached hydrogen (secondary N) is 2. The van der Waals surface area contributed by atoms with Gasteiger partial charge in [0.2, 0.25) is 0 Å². The highest BCUT2D eigenvalue weighted by Crippen LogP contribution is 2.23. The Morgan fingerprint density at radius 1 is 1.47 bits per heavy atom. The van der Waals surface area contributed by atoms with Crippen molar-refractivity contribution in [1.82, 2.24) is 4.72 Å². The lowest BCUT2D eigenvalue weighted by Gasteiger charge is -2.10. The fraction of sp³-hybridized carbons (Fsp3) is 0.125. The Bertz CT molecular complexity index is 528. The van der Waals surface area contributed by atoms with Gasteiger partial charge in [-0.05, 0) is 12.1 Å². The molecule has 8 nitrogen and oxygen atoms in total. The van der Waals surface area contributed by atoms with Crippen molar-refractivity contribution in [2.45, 2.75) is 0 Å². The number of rotatable bonds is 3. The molecule has 0 aliphatic rings. The van der Waals surface area contributed by atoms with E-state index in [2.05, 4.69) is 4.74 Å². The number of carbonyl (C=O) groups excluding carboxylic acids is 1. The Morgan fingerprint density at radius 2 is 2.12 bits per heavy atom. The molecule has 1 rings (SSSR count). The minimum Gasteiger partial charge on any atom is -0.508 e. The minimum absolute atomic E-state index is 0.0141. The molecule has 0 atom stereocenters. The third kappa shape index (κ3) is 3.72. The number of ether oxygens (including phenoxy) is 1. The lowest BCUT2D eigenvalue weighted by Crippen LogP contribution is -2.35. The van der Waals surface area contributed by atoms with Crippen LogP contribution in [0, 0.1) is 0 Å². The first kappa shape index (κ1) is 12.9. The van der Waals surface area contributed by atoms with Crippen LogP contribution in [0.25, 0.3) is 0 Å². The molecule has 0 heterocycles. The fourth-order valence-corrected chi connectivity index (χ4v) is 1.79. The number of anilines is 2. The van der Waals surface area contributed by atoms with Crippen molar-refractivity contribution in [3.63, 3.8) is 0 Å². The van der Waals surface area contributed by atoms with E-state index in [1.807, 2.05) is 4.72 Å². The summed E-state index contributed by atoms with van der Waals surface area (Å²) in [5, 5.41) is 9.07. The van der Waals surface area contributed by atoms with Crippen molar-refractivity contribution in [2.75, 3.05) is 17.6 Å². The first-order valence-electron chi connectivity index (χ1n) is 4.31. The maximum absolute atomic E-state index is 11.4. The van der Waals surface area contributed by atoms with Crippen LogP contribution in [0.5, 0.6) is 5.75 Å². The van der Waals surface area contributed by atoms with Crippen LogP contribution in [0.15, 0.2) is 18.2 Å². The van der Waals surface area contributed by atoms with Gasteiger partial charge >= 0.3 is 16.3 Å². The first-order valence-corrected chi connectivity index (χ1v) is 5.79. The molecule has 1 aromatic rings. The lowest BCUT2D eigenvalue weighted by molar-refractivity contribution is 0.177. The summed E-state index contributed by atoms with van der Waals surface area (Å²) in [4.78, 5) is 10.7. The molecule has 0 spiro atoms. The van der Waals surface area contributed by atoms with E-state index in [0.717, 1.165) is 13.2 Å². The largest absolute Gasteiger partial charge is 0.508 e. The topological polar surface area (TPSA) is 131 Å². The standard InChI is InChI=1S/C8H11N3O5S/c1-16-8(13)11-17(14,15)10-7-3-2-5(12)4-6(7)9/h2-4,10,12H,9H2,1H3,(H,11,13). The normalized spacial score (nSPS) is 10.6. The van der Waals surface area contributed by atoms with E-state index >= 15 is 0 Å². The summed E-state index contributed by atoms with van der Waals surface area (Å²) < 4.78 is 30.4. The van der Waals surface area contributed by atoms with Gasteiger partial charge in [-0.3, -0.25) is 4.72 Å². The number of phenols is 1. The Labute approximate surface area is 97.6 Å². The van der Waals surface area contributed by atoms with Crippen LogP contribution >= 0.6 is 0 Å². The zero-order valence-electron chi connectivity index (χ0n) is 8.80. The second-order valence-electron chi connectivity index (χ2n) is 2.97. The van der Waals surface area contributed by atoms with Crippen LogP contribution in [0.2, 0.25) is 0 Å². The van der Waals surface area contributed by atoms with Gasteiger partial charge in [0.1, 0.15) is 5.75 Å². The van der Waals surface area contributed by atoms with Gasteiger partial charge in [-0.1, -0.05) is 0 Å². The Kier molecular flexibility index (Phi) is 3.63. The average molecular weight is 261 g/mol. The number of benzene rings is 1. The van der Waals surface area contributed by atoms with Gasteiger partial charge in [-0.15, -0.1) is 0 Å². The lowest BCUT2D eigenvalue weighted by atomic mass is 10.2. The molecule has 0 bridgehead atoms. The number of hydrogen-bond acceptors (Lipinski definition) is 6. The predicted octanol–water partition coefficient (Wildman–Crippen LogP) is -0.0129. The summed E-state index contributed by atoms with van der Waals surface area (Å²) in [6, 6.07) is 3.66. The number of hydrogen-bond donors (Lipinski definition) is 4. The fourth-order valence-electron chi connectivity index (χ4n) is 0.965. The molecular weight excluding hydrogens is 250 g/mol. The van der Waals surface area contributed by atoms with Crippen molar-refractivity contribution in [3.8, 4) is 5.75 Å². The molecule has 5 N–H and O–H groups in total. The van der Waals surface area contributed by atoms with Gasteiger partial charge in [-0.25, -0.2) is 9.52 Å². The van der Waals surface area contributed by atoms with Crippen LogP contribution in [-0.2, 0) is 14.9 Å². The number of amides is 1. The van der Waals surface area contributed by atoms with Crippen molar-refractivity contribution in [1.29, 1.82) is 0 Å². The van der Waals surface area contributed by atoms with Crippen LogP contribution < -0.4 is 15.2 Å². The average Bonchev–Trinajstić information content (AvgIpc) is 2.21. The number of nitrogen functional groups attached to an aromatic ring is 1. The Balaban J connectivity index is 2.87. The predicted molar refractivity (Wildman–Crippen MR) is 60.6 cm³/mol. The maximum atomic E-state index is 11.4. The second kappa shape index (κ2) is 4.78. The molecule has 0 unspecified atom stereocenters. The highest BCUT2D eigenvalue weighted by Gasteiger charge is 2.15. The Hall–Kier alpha value is -2.16. The molecule has 0 aliphatic carbocycles. The highest BCUT2D eigenvalue weighted by molar-refractivity contribution is 7.91. The van der Waals surface area contributed by atoms with Crippen LogP contribution in [0.1, 0.15) is 0 Å². The van der Waals surface area contributed by atoms with Gasteiger partial charge in [0, 0.05) is 6.07 Å².